The topological polar surface area (TPSA) is 112 Å². The minimum atomic E-state index is -0.436. The fourth-order valence-corrected chi connectivity index (χ4v) is 3.73. The molecule has 0 atom stereocenters. The molecule has 0 aliphatic carbocycles. The second-order valence-electron chi connectivity index (χ2n) is 7.08. The zero-order chi connectivity index (χ0) is 22.7. The van der Waals surface area contributed by atoms with Gasteiger partial charge in [0, 0.05) is 5.56 Å². The van der Waals surface area contributed by atoms with Crippen molar-refractivity contribution in [1.82, 2.24) is 9.55 Å². The molecule has 0 amide bonds. The molecule has 0 spiro atoms. The Hall–Kier alpha value is -4.33. The Bertz CT molecular complexity index is 1310. The van der Waals surface area contributed by atoms with Crippen LogP contribution >= 0.6 is 0 Å². The van der Waals surface area contributed by atoms with E-state index in [2.05, 4.69) is 10.1 Å². The van der Waals surface area contributed by atoms with Gasteiger partial charge in [-0.3, -0.25) is 4.57 Å². The Morgan fingerprint density at radius 2 is 1.75 bits per heavy atom. The molecule has 1 aromatic heterocycles. The van der Waals surface area contributed by atoms with Gasteiger partial charge in [-0.05, 0) is 28.8 Å². The van der Waals surface area contributed by atoms with Gasteiger partial charge in [-0.1, -0.05) is 59.8 Å². The lowest BCUT2D eigenvalue weighted by atomic mass is 9.98. The first-order valence-electron chi connectivity index (χ1n) is 9.85. The number of para-hydroxylation sites is 1. The molecule has 8 heteroatoms. The zero-order valence-corrected chi connectivity index (χ0v) is 17.6. The molecule has 0 unspecified atom stereocenters. The highest BCUT2D eigenvalue weighted by atomic mass is 16.5. The number of fused-ring (bicyclic) bond motifs is 1. The zero-order valence-electron chi connectivity index (χ0n) is 17.6. The standard InChI is InChI=1S/C24H22N4O4/c1-31-23(29)19-8-5-9-20-21(19)28(24(26-20)32-2)14-15-10-12-16(13-11-15)17-6-3-4-7-18(17)22(25)27-30/h3-13,30H,14H2,1-2H3,(H2,25,27). The Labute approximate surface area is 184 Å². The first kappa shape index (κ1) is 20.9. The molecule has 1 heterocycles. The van der Waals surface area contributed by atoms with Crippen molar-refractivity contribution in [2.24, 2.45) is 10.9 Å². The fraction of sp³-hybridized carbons (Fsp3) is 0.125. The number of ether oxygens (including phenoxy) is 2. The maximum Gasteiger partial charge on any atom is 0.340 e. The van der Waals surface area contributed by atoms with Crippen LogP contribution in [0.25, 0.3) is 22.2 Å². The summed E-state index contributed by atoms with van der Waals surface area (Å²) >= 11 is 0. The van der Waals surface area contributed by atoms with Gasteiger partial charge in [0.15, 0.2) is 5.84 Å². The highest BCUT2D eigenvalue weighted by molar-refractivity contribution is 6.03. The van der Waals surface area contributed by atoms with Crippen LogP contribution in [-0.2, 0) is 11.3 Å². The monoisotopic (exact) mass is 430 g/mol. The van der Waals surface area contributed by atoms with Gasteiger partial charge >= 0.3 is 5.97 Å². The van der Waals surface area contributed by atoms with E-state index in [0.29, 0.717) is 34.7 Å². The van der Waals surface area contributed by atoms with Crippen molar-refractivity contribution in [3.8, 4) is 17.1 Å². The summed E-state index contributed by atoms with van der Waals surface area (Å²) in [5.74, 6) is -0.385. The number of rotatable bonds is 6. The lowest BCUT2D eigenvalue weighted by molar-refractivity contribution is 0.0602. The third-order valence-corrected chi connectivity index (χ3v) is 5.24. The van der Waals surface area contributed by atoms with E-state index in [1.165, 1.54) is 7.11 Å². The third kappa shape index (κ3) is 3.74. The molecule has 0 saturated heterocycles. The van der Waals surface area contributed by atoms with Crippen LogP contribution in [0, 0.1) is 0 Å². The van der Waals surface area contributed by atoms with E-state index in [1.54, 1.807) is 25.3 Å². The van der Waals surface area contributed by atoms with Crippen molar-refractivity contribution in [2.45, 2.75) is 6.54 Å². The predicted molar refractivity (Wildman–Crippen MR) is 121 cm³/mol. The Morgan fingerprint density at radius 3 is 2.44 bits per heavy atom. The first-order valence-corrected chi connectivity index (χ1v) is 9.85. The smallest absolute Gasteiger partial charge is 0.340 e. The van der Waals surface area contributed by atoms with Crippen LogP contribution < -0.4 is 10.5 Å². The minimum Gasteiger partial charge on any atom is -0.468 e. The number of methoxy groups -OCH3 is 2. The maximum atomic E-state index is 12.3. The second kappa shape index (κ2) is 8.81. The average molecular weight is 430 g/mol. The molecular weight excluding hydrogens is 408 g/mol. The number of aromatic nitrogens is 2. The van der Waals surface area contributed by atoms with Crippen molar-refractivity contribution in [3.63, 3.8) is 0 Å². The van der Waals surface area contributed by atoms with Crippen molar-refractivity contribution in [2.75, 3.05) is 14.2 Å². The molecule has 0 aliphatic heterocycles. The molecule has 162 valence electrons. The van der Waals surface area contributed by atoms with Gasteiger partial charge in [-0.2, -0.15) is 4.98 Å². The summed E-state index contributed by atoms with van der Waals surface area (Å²) in [6.45, 7) is 0.440. The number of nitrogens with zero attached hydrogens (tertiary/aromatic N) is 3. The Balaban J connectivity index is 1.73. The van der Waals surface area contributed by atoms with Gasteiger partial charge in [0.1, 0.15) is 0 Å². The summed E-state index contributed by atoms with van der Waals surface area (Å²) in [4.78, 5) is 16.8. The third-order valence-electron chi connectivity index (χ3n) is 5.24. The van der Waals surface area contributed by atoms with Gasteiger partial charge in [0.05, 0.1) is 37.4 Å². The largest absolute Gasteiger partial charge is 0.468 e. The highest BCUT2D eigenvalue weighted by Gasteiger charge is 2.19. The molecule has 4 aromatic rings. The number of benzene rings is 3. The Morgan fingerprint density at radius 1 is 1.03 bits per heavy atom. The van der Waals surface area contributed by atoms with Crippen LogP contribution in [0.2, 0.25) is 0 Å². The highest BCUT2D eigenvalue weighted by Crippen LogP contribution is 2.28. The molecule has 3 aromatic carbocycles. The van der Waals surface area contributed by atoms with Crippen LogP contribution in [0.4, 0.5) is 0 Å². The first-order chi connectivity index (χ1) is 15.6. The fourth-order valence-electron chi connectivity index (χ4n) is 3.73. The lowest BCUT2D eigenvalue weighted by Crippen LogP contribution is -2.14. The van der Waals surface area contributed by atoms with E-state index in [1.807, 2.05) is 53.1 Å². The summed E-state index contributed by atoms with van der Waals surface area (Å²) in [6.07, 6.45) is 0. The van der Waals surface area contributed by atoms with E-state index >= 15 is 0 Å². The van der Waals surface area contributed by atoms with E-state index in [9.17, 15) is 4.79 Å². The molecule has 0 aliphatic rings. The van der Waals surface area contributed by atoms with Crippen LogP contribution in [0.3, 0.4) is 0 Å². The number of esters is 1. The summed E-state index contributed by atoms with van der Waals surface area (Å²) in [6, 6.07) is 21.0. The summed E-state index contributed by atoms with van der Waals surface area (Å²) in [7, 11) is 2.90. The van der Waals surface area contributed by atoms with Gasteiger partial charge in [-0.15, -0.1) is 0 Å². The van der Waals surface area contributed by atoms with Gasteiger partial charge in [0.25, 0.3) is 6.01 Å². The number of hydrogen-bond donors (Lipinski definition) is 2. The summed E-state index contributed by atoms with van der Waals surface area (Å²) < 4.78 is 12.3. The molecule has 4 rings (SSSR count). The number of carbonyl (C=O) groups excluding carboxylic acids is 1. The van der Waals surface area contributed by atoms with Crippen LogP contribution in [0.5, 0.6) is 6.01 Å². The molecule has 0 saturated carbocycles. The number of carbonyl (C=O) groups is 1. The number of hydrogen-bond acceptors (Lipinski definition) is 6. The van der Waals surface area contributed by atoms with Crippen molar-refractivity contribution >= 4 is 22.8 Å². The number of oxime groups is 1. The van der Waals surface area contributed by atoms with E-state index < -0.39 is 5.97 Å². The van der Waals surface area contributed by atoms with Crippen molar-refractivity contribution in [3.05, 3.63) is 83.4 Å². The SMILES string of the molecule is COC(=O)c1cccc2nc(OC)n(Cc3ccc(-c4ccccc4/C(N)=N\O)cc3)c12. The summed E-state index contributed by atoms with van der Waals surface area (Å²) in [5.41, 5.74) is 10.9. The predicted octanol–water partition coefficient (Wildman–Crippen LogP) is 3.64. The van der Waals surface area contributed by atoms with E-state index in [-0.39, 0.29) is 5.84 Å². The lowest BCUT2D eigenvalue weighted by Gasteiger charge is -2.12. The van der Waals surface area contributed by atoms with Gasteiger partial charge in [-0.25, -0.2) is 4.79 Å². The summed E-state index contributed by atoms with van der Waals surface area (Å²) in [5, 5.41) is 12.2. The molecule has 8 nitrogen and oxygen atoms in total. The maximum absolute atomic E-state index is 12.3. The molecule has 0 bridgehead atoms. The van der Waals surface area contributed by atoms with Crippen LogP contribution in [-0.4, -0.2) is 40.8 Å². The Kier molecular flexibility index (Phi) is 5.76. The number of amidine groups is 1. The molecule has 32 heavy (non-hydrogen) atoms. The van der Waals surface area contributed by atoms with Crippen LogP contribution in [0.15, 0.2) is 71.9 Å². The number of nitrogens with two attached hydrogens (primary N) is 1. The average Bonchev–Trinajstić information content (AvgIpc) is 3.21. The van der Waals surface area contributed by atoms with Gasteiger partial charge < -0.3 is 20.4 Å². The minimum absolute atomic E-state index is 0.0506. The molecule has 3 N–H and O–H groups in total. The van der Waals surface area contributed by atoms with Crippen molar-refractivity contribution < 1.29 is 19.5 Å². The second-order valence-corrected chi connectivity index (χ2v) is 7.08. The molecule has 0 radical (unpaired) electrons. The molecule has 0 fully saturated rings. The van der Waals surface area contributed by atoms with E-state index in [4.69, 9.17) is 20.4 Å². The quantitative estimate of drug-likeness (QED) is 0.159. The number of imidazole rings is 1. The normalized spacial score (nSPS) is 11.5. The van der Waals surface area contributed by atoms with E-state index in [0.717, 1.165) is 16.7 Å². The van der Waals surface area contributed by atoms with Gasteiger partial charge in [0.2, 0.25) is 0 Å². The molecular formula is C24H22N4O4. The van der Waals surface area contributed by atoms with Crippen LogP contribution in [0.1, 0.15) is 21.5 Å². The van der Waals surface area contributed by atoms with Crippen molar-refractivity contribution in [1.29, 1.82) is 0 Å².